The van der Waals surface area contributed by atoms with E-state index in [0.29, 0.717) is 23.9 Å². The number of morpholine rings is 1. The van der Waals surface area contributed by atoms with Gasteiger partial charge in [0, 0.05) is 36.4 Å². The molecule has 4 aromatic rings. The Labute approximate surface area is 213 Å². The first-order valence-electron chi connectivity index (χ1n) is 11.9. The Morgan fingerprint density at radius 2 is 1.94 bits per heavy atom. The molecule has 0 aliphatic carbocycles. The molecule has 36 heavy (non-hydrogen) atoms. The fraction of sp³-hybridized carbons (Fsp3) is 0.400. The van der Waals surface area contributed by atoms with E-state index in [0.717, 1.165) is 64.9 Å². The lowest BCUT2D eigenvalue weighted by atomic mass is 10.0. The van der Waals surface area contributed by atoms with E-state index in [-0.39, 0.29) is 6.10 Å². The number of fused-ring (bicyclic) bond motifs is 1. The van der Waals surface area contributed by atoms with Crippen LogP contribution in [0.1, 0.15) is 25.0 Å². The van der Waals surface area contributed by atoms with Gasteiger partial charge in [-0.1, -0.05) is 18.3 Å². The lowest BCUT2D eigenvalue weighted by Crippen LogP contribution is -2.33. The van der Waals surface area contributed by atoms with Crippen molar-refractivity contribution in [2.45, 2.75) is 26.0 Å². The van der Waals surface area contributed by atoms with Crippen LogP contribution in [0.4, 0.5) is 10.8 Å². The average Bonchev–Trinajstić information content (AvgIpc) is 3.56. The summed E-state index contributed by atoms with van der Waals surface area (Å²) in [6.45, 7) is 5.20. The van der Waals surface area contributed by atoms with Crippen LogP contribution in [0.5, 0.6) is 17.2 Å². The second kappa shape index (κ2) is 10.7. The summed E-state index contributed by atoms with van der Waals surface area (Å²) < 4.78 is 25.1. The number of hydrogen-bond acceptors (Lipinski definition) is 10. The van der Waals surface area contributed by atoms with Gasteiger partial charge in [-0.15, -0.1) is 10.2 Å². The van der Waals surface area contributed by atoms with E-state index in [1.807, 2.05) is 12.1 Å². The summed E-state index contributed by atoms with van der Waals surface area (Å²) in [5.74, 6) is 2.55. The van der Waals surface area contributed by atoms with Gasteiger partial charge in [-0.3, -0.25) is 0 Å². The molecule has 1 fully saturated rings. The number of aryl methyl sites for hydroxylation is 1. The summed E-state index contributed by atoms with van der Waals surface area (Å²) in [6.07, 6.45) is 0.859. The highest BCUT2D eigenvalue weighted by atomic mass is 32.1. The van der Waals surface area contributed by atoms with E-state index in [9.17, 15) is 0 Å². The van der Waals surface area contributed by atoms with Gasteiger partial charge in [0.15, 0.2) is 11.5 Å². The minimum absolute atomic E-state index is 0.0897. The SMILES string of the molecule is CCCn1c(-c2cc(OC)c(OC)c(OC)c2)nc2cc(Nc3nncs3)c(C3CNCCO3)cc21. The Morgan fingerprint density at radius 1 is 1.14 bits per heavy atom. The lowest BCUT2D eigenvalue weighted by Gasteiger charge is -2.26. The van der Waals surface area contributed by atoms with E-state index >= 15 is 0 Å². The van der Waals surface area contributed by atoms with Crippen molar-refractivity contribution in [1.29, 1.82) is 0 Å². The van der Waals surface area contributed by atoms with Crippen molar-refractivity contribution in [3.8, 4) is 28.6 Å². The summed E-state index contributed by atoms with van der Waals surface area (Å²) in [7, 11) is 4.83. The molecule has 3 heterocycles. The summed E-state index contributed by atoms with van der Waals surface area (Å²) in [5, 5.41) is 15.7. The Balaban J connectivity index is 1.69. The smallest absolute Gasteiger partial charge is 0.209 e. The zero-order valence-corrected chi connectivity index (χ0v) is 21.6. The van der Waals surface area contributed by atoms with Crippen molar-refractivity contribution in [2.24, 2.45) is 0 Å². The Kier molecular flexibility index (Phi) is 7.21. The van der Waals surface area contributed by atoms with Crippen LogP contribution in [-0.4, -0.2) is 60.8 Å². The molecule has 0 saturated carbocycles. The number of hydrogen-bond donors (Lipinski definition) is 2. The van der Waals surface area contributed by atoms with Crippen LogP contribution in [0.15, 0.2) is 29.8 Å². The van der Waals surface area contributed by atoms with Crippen molar-refractivity contribution in [1.82, 2.24) is 25.1 Å². The van der Waals surface area contributed by atoms with Gasteiger partial charge in [0.25, 0.3) is 0 Å². The lowest BCUT2D eigenvalue weighted by molar-refractivity contribution is 0.0282. The largest absolute Gasteiger partial charge is 0.493 e. The third kappa shape index (κ3) is 4.57. The van der Waals surface area contributed by atoms with Gasteiger partial charge < -0.3 is 34.1 Å². The number of anilines is 2. The van der Waals surface area contributed by atoms with Crippen LogP contribution in [0.2, 0.25) is 0 Å². The molecular formula is C25H30N6O4S. The van der Waals surface area contributed by atoms with Gasteiger partial charge in [-0.05, 0) is 30.7 Å². The van der Waals surface area contributed by atoms with Gasteiger partial charge in [0.05, 0.1) is 45.1 Å². The van der Waals surface area contributed by atoms with Crippen molar-refractivity contribution in [3.63, 3.8) is 0 Å². The highest BCUT2D eigenvalue weighted by molar-refractivity contribution is 7.13. The molecule has 0 spiro atoms. The van der Waals surface area contributed by atoms with E-state index < -0.39 is 0 Å². The average molecular weight is 511 g/mol. The predicted octanol–water partition coefficient (Wildman–Crippen LogP) is 4.40. The molecule has 11 heteroatoms. The molecule has 0 bridgehead atoms. The molecule has 5 rings (SSSR count). The van der Waals surface area contributed by atoms with Gasteiger partial charge in [0.1, 0.15) is 11.3 Å². The third-order valence-corrected chi connectivity index (χ3v) is 6.77. The van der Waals surface area contributed by atoms with Crippen LogP contribution in [-0.2, 0) is 11.3 Å². The summed E-state index contributed by atoms with van der Waals surface area (Å²) in [4.78, 5) is 5.07. The van der Waals surface area contributed by atoms with Crippen LogP contribution in [0, 0.1) is 0 Å². The first-order valence-corrected chi connectivity index (χ1v) is 12.7. The van der Waals surface area contributed by atoms with Gasteiger partial charge in [-0.2, -0.15) is 0 Å². The first kappa shape index (κ1) is 24.3. The normalized spacial score (nSPS) is 15.7. The second-order valence-corrected chi connectivity index (χ2v) is 9.19. The number of methoxy groups -OCH3 is 3. The molecule has 1 aliphatic heterocycles. The number of nitrogens with one attached hydrogen (secondary N) is 2. The molecule has 1 aliphatic rings. The quantitative estimate of drug-likeness (QED) is 0.339. The fourth-order valence-electron chi connectivity index (χ4n) is 4.55. The maximum absolute atomic E-state index is 6.14. The van der Waals surface area contributed by atoms with E-state index in [1.54, 1.807) is 26.8 Å². The second-order valence-electron chi connectivity index (χ2n) is 8.36. The number of aromatic nitrogens is 4. The Bertz CT molecular complexity index is 1310. The minimum atomic E-state index is -0.0897. The molecule has 10 nitrogen and oxygen atoms in total. The molecule has 1 atom stereocenters. The maximum Gasteiger partial charge on any atom is 0.209 e. The minimum Gasteiger partial charge on any atom is -0.493 e. The van der Waals surface area contributed by atoms with E-state index in [4.69, 9.17) is 23.9 Å². The third-order valence-electron chi connectivity index (χ3n) is 6.17. The predicted molar refractivity (Wildman–Crippen MR) is 140 cm³/mol. The van der Waals surface area contributed by atoms with Gasteiger partial charge in [0.2, 0.25) is 10.9 Å². The fourth-order valence-corrected chi connectivity index (χ4v) is 5.01. The highest BCUT2D eigenvalue weighted by Crippen LogP contribution is 2.42. The van der Waals surface area contributed by atoms with Crippen LogP contribution in [0.3, 0.4) is 0 Å². The van der Waals surface area contributed by atoms with Crippen molar-refractivity contribution < 1.29 is 18.9 Å². The van der Waals surface area contributed by atoms with E-state index in [2.05, 4.69) is 44.5 Å². The number of nitrogens with zero attached hydrogens (tertiary/aromatic N) is 4. The molecule has 1 unspecified atom stereocenters. The topological polar surface area (TPSA) is 105 Å². The number of imidazole rings is 1. The number of ether oxygens (including phenoxy) is 4. The van der Waals surface area contributed by atoms with Gasteiger partial charge in [-0.25, -0.2) is 4.98 Å². The zero-order chi connectivity index (χ0) is 25.1. The zero-order valence-electron chi connectivity index (χ0n) is 20.8. The van der Waals surface area contributed by atoms with Crippen LogP contribution >= 0.6 is 11.3 Å². The van der Waals surface area contributed by atoms with Crippen molar-refractivity contribution >= 4 is 33.2 Å². The molecule has 2 aromatic carbocycles. The monoisotopic (exact) mass is 510 g/mol. The molecule has 1 saturated heterocycles. The molecule has 0 radical (unpaired) electrons. The van der Waals surface area contributed by atoms with E-state index in [1.165, 1.54) is 11.3 Å². The highest BCUT2D eigenvalue weighted by Gasteiger charge is 2.24. The van der Waals surface area contributed by atoms with Crippen molar-refractivity contribution in [3.05, 3.63) is 35.3 Å². The number of rotatable bonds is 9. The summed E-state index contributed by atoms with van der Waals surface area (Å²) in [6, 6.07) is 8.12. The van der Waals surface area contributed by atoms with Gasteiger partial charge >= 0.3 is 0 Å². The number of benzene rings is 2. The standard InChI is InChI=1S/C25H30N6O4S/c1-5-7-31-19-11-16(22-13-26-6-8-35-22)17(29-25-30-27-14-36-25)12-18(19)28-24(31)15-9-20(32-2)23(34-4)21(10-15)33-3/h9-12,14,22,26H,5-8,13H2,1-4H3,(H,29,30). The summed E-state index contributed by atoms with van der Waals surface area (Å²) in [5.41, 5.74) is 6.45. The van der Waals surface area contributed by atoms with Crippen molar-refractivity contribution in [2.75, 3.05) is 46.3 Å². The van der Waals surface area contributed by atoms with Crippen LogP contribution in [0.25, 0.3) is 22.4 Å². The Hall–Kier alpha value is -3.41. The first-order chi connectivity index (χ1) is 17.7. The van der Waals surface area contributed by atoms with Crippen LogP contribution < -0.4 is 24.8 Å². The Morgan fingerprint density at radius 3 is 2.56 bits per heavy atom. The molecule has 190 valence electrons. The maximum atomic E-state index is 6.14. The summed E-state index contributed by atoms with van der Waals surface area (Å²) >= 11 is 1.45. The molecular weight excluding hydrogens is 480 g/mol. The molecule has 0 amide bonds. The molecule has 2 aromatic heterocycles. The molecule has 2 N–H and O–H groups in total.